The van der Waals surface area contributed by atoms with Crippen LogP contribution in [0.5, 0.6) is 11.5 Å². The van der Waals surface area contributed by atoms with E-state index in [0.717, 1.165) is 16.1 Å². The lowest BCUT2D eigenvalue weighted by Gasteiger charge is -2.29. The SMILES string of the molecule is COc1ccc(NC(=O)[C@H](C)N(c2cc(C)ccc2OC)S(C)(=O)=O)cc1Cl. The highest BCUT2D eigenvalue weighted by Gasteiger charge is 2.31. The maximum absolute atomic E-state index is 12.8. The predicted molar refractivity (Wildman–Crippen MR) is 111 cm³/mol. The average Bonchev–Trinajstić information content (AvgIpc) is 2.61. The Bertz CT molecular complexity index is 978. The molecule has 152 valence electrons. The summed E-state index contributed by atoms with van der Waals surface area (Å²) in [5, 5.41) is 3.01. The van der Waals surface area contributed by atoms with Gasteiger partial charge < -0.3 is 14.8 Å². The van der Waals surface area contributed by atoms with Crippen LogP contribution in [0.25, 0.3) is 0 Å². The monoisotopic (exact) mass is 426 g/mol. The van der Waals surface area contributed by atoms with Gasteiger partial charge in [0.25, 0.3) is 0 Å². The zero-order valence-corrected chi connectivity index (χ0v) is 17.9. The Morgan fingerprint density at radius 1 is 1.11 bits per heavy atom. The van der Waals surface area contributed by atoms with Gasteiger partial charge in [-0.2, -0.15) is 0 Å². The number of nitrogens with one attached hydrogen (secondary N) is 1. The first-order valence-electron chi connectivity index (χ1n) is 8.37. The summed E-state index contributed by atoms with van der Waals surface area (Å²) in [6, 6.07) is 8.85. The van der Waals surface area contributed by atoms with Gasteiger partial charge >= 0.3 is 0 Å². The first-order valence-corrected chi connectivity index (χ1v) is 10.6. The van der Waals surface area contributed by atoms with Gasteiger partial charge in [-0.25, -0.2) is 8.42 Å². The molecule has 0 spiro atoms. The minimum atomic E-state index is -3.78. The number of anilines is 2. The minimum absolute atomic E-state index is 0.292. The molecular weight excluding hydrogens is 404 g/mol. The van der Waals surface area contributed by atoms with Gasteiger partial charge in [0, 0.05) is 5.69 Å². The fourth-order valence-corrected chi connectivity index (χ4v) is 4.17. The van der Waals surface area contributed by atoms with Crippen LogP contribution in [-0.4, -0.2) is 40.8 Å². The summed E-state index contributed by atoms with van der Waals surface area (Å²) in [5.74, 6) is 0.299. The number of nitrogens with zero attached hydrogens (tertiary/aromatic N) is 1. The molecule has 0 aliphatic heterocycles. The van der Waals surface area contributed by atoms with Gasteiger partial charge in [0.1, 0.15) is 17.5 Å². The number of hydrogen-bond donors (Lipinski definition) is 1. The Morgan fingerprint density at radius 3 is 2.25 bits per heavy atom. The van der Waals surface area contributed by atoms with Crippen molar-refractivity contribution in [2.75, 3.05) is 30.1 Å². The summed E-state index contributed by atoms with van der Waals surface area (Å²) in [6.07, 6.45) is 1.04. The van der Waals surface area contributed by atoms with Gasteiger partial charge in [0.05, 0.1) is 31.2 Å². The molecule has 1 atom stereocenters. The standard InChI is InChI=1S/C19H23ClN2O5S/c1-12-6-8-18(27-4)16(10-12)22(28(5,24)25)13(2)19(23)21-14-7-9-17(26-3)15(20)11-14/h6-11,13H,1-5H3,(H,21,23)/t13-/m0/s1. The van der Waals surface area contributed by atoms with Crippen LogP contribution in [0.2, 0.25) is 5.02 Å². The topological polar surface area (TPSA) is 84.9 Å². The zero-order valence-electron chi connectivity index (χ0n) is 16.3. The lowest BCUT2D eigenvalue weighted by molar-refractivity contribution is -0.116. The number of methoxy groups -OCH3 is 2. The van der Waals surface area contributed by atoms with Crippen molar-refractivity contribution < 1.29 is 22.7 Å². The molecule has 0 aliphatic rings. The summed E-state index contributed by atoms with van der Waals surface area (Å²) < 4.78 is 36.4. The van der Waals surface area contributed by atoms with Crippen LogP contribution in [0.4, 0.5) is 11.4 Å². The van der Waals surface area contributed by atoms with E-state index in [9.17, 15) is 13.2 Å². The van der Waals surface area contributed by atoms with Crippen LogP contribution in [0, 0.1) is 6.92 Å². The molecule has 0 radical (unpaired) electrons. The second-order valence-electron chi connectivity index (χ2n) is 6.25. The van der Waals surface area contributed by atoms with E-state index in [-0.39, 0.29) is 0 Å². The first kappa shape index (κ1) is 21.8. The third-order valence-corrected chi connectivity index (χ3v) is 5.60. The molecule has 2 aromatic carbocycles. The fraction of sp³-hybridized carbons (Fsp3) is 0.316. The molecule has 0 bridgehead atoms. The third kappa shape index (κ3) is 4.88. The van der Waals surface area contributed by atoms with Crippen LogP contribution in [0.15, 0.2) is 36.4 Å². The molecule has 28 heavy (non-hydrogen) atoms. The fourth-order valence-electron chi connectivity index (χ4n) is 2.74. The normalized spacial score (nSPS) is 12.2. The van der Waals surface area contributed by atoms with Crippen molar-refractivity contribution in [3.63, 3.8) is 0 Å². The average molecular weight is 427 g/mol. The second kappa shape index (κ2) is 8.70. The van der Waals surface area contributed by atoms with Crippen molar-refractivity contribution in [2.45, 2.75) is 19.9 Å². The molecule has 2 rings (SSSR count). The largest absolute Gasteiger partial charge is 0.495 e. The maximum Gasteiger partial charge on any atom is 0.247 e. The second-order valence-corrected chi connectivity index (χ2v) is 8.52. The molecule has 0 aromatic heterocycles. The van der Waals surface area contributed by atoms with Gasteiger partial charge in [-0.15, -0.1) is 0 Å². The van der Waals surface area contributed by atoms with Crippen LogP contribution >= 0.6 is 11.6 Å². The van der Waals surface area contributed by atoms with E-state index in [2.05, 4.69) is 5.32 Å². The highest BCUT2D eigenvalue weighted by Crippen LogP contribution is 2.33. The molecule has 0 saturated heterocycles. The Hall–Kier alpha value is -2.45. The summed E-state index contributed by atoms with van der Waals surface area (Å²) in [4.78, 5) is 12.8. The quantitative estimate of drug-likeness (QED) is 0.732. The number of aryl methyl sites for hydroxylation is 1. The summed E-state index contributed by atoms with van der Waals surface area (Å²) >= 11 is 6.08. The van der Waals surface area contributed by atoms with Gasteiger partial charge in [0.15, 0.2) is 0 Å². The molecular formula is C19H23ClN2O5S. The highest BCUT2D eigenvalue weighted by molar-refractivity contribution is 7.92. The molecule has 0 aliphatic carbocycles. The molecule has 1 amide bonds. The van der Waals surface area contributed by atoms with Crippen LogP contribution in [-0.2, 0) is 14.8 Å². The van der Waals surface area contributed by atoms with E-state index in [1.165, 1.54) is 27.2 Å². The number of ether oxygens (including phenoxy) is 2. The number of halogens is 1. The number of sulfonamides is 1. The van der Waals surface area contributed by atoms with Gasteiger partial charge in [0.2, 0.25) is 15.9 Å². The van der Waals surface area contributed by atoms with Crippen molar-refractivity contribution in [1.29, 1.82) is 0 Å². The van der Waals surface area contributed by atoms with Crippen molar-refractivity contribution >= 4 is 38.9 Å². The van der Waals surface area contributed by atoms with E-state index in [1.54, 1.807) is 30.3 Å². The van der Waals surface area contributed by atoms with E-state index in [4.69, 9.17) is 21.1 Å². The summed E-state index contributed by atoms with van der Waals surface area (Å²) in [6.45, 7) is 3.33. The third-order valence-electron chi connectivity index (χ3n) is 4.08. The number of carbonyl (C=O) groups excluding carboxylic acids is 1. The molecule has 9 heteroatoms. The molecule has 0 heterocycles. The lowest BCUT2D eigenvalue weighted by Crippen LogP contribution is -2.45. The molecule has 7 nitrogen and oxygen atoms in total. The number of benzene rings is 2. The van der Waals surface area contributed by atoms with Crippen LogP contribution in [0.1, 0.15) is 12.5 Å². The Kier molecular flexibility index (Phi) is 6.79. The smallest absolute Gasteiger partial charge is 0.247 e. The number of hydrogen-bond acceptors (Lipinski definition) is 5. The van der Waals surface area contributed by atoms with Crippen molar-refractivity contribution in [1.82, 2.24) is 0 Å². The van der Waals surface area contributed by atoms with E-state index >= 15 is 0 Å². The van der Waals surface area contributed by atoms with E-state index in [0.29, 0.717) is 27.9 Å². The highest BCUT2D eigenvalue weighted by atomic mass is 35.5. The molecule has 2 aromatic rings. The number of amides is 1. The minimum Gasteiger partial charge on any atom is -0.495 e. The van der Waals surface area contributed by atoms with Crippen molar-refractivity contribution in [3.8, 4) is 11.5 Å². The van der Waals surface area contributed by atoms with Crippen molar-refractivity contribution in [2.24, 2.45) is 0 Å². The van der Waals surface area contributed by atoms with Crippen LogP contribution in [0.3, 0.4) is 0 Å². The molecule has 1 N–H and O–H groups in total. The zero-order chi connectivity index (χ0) is 21.1. The maximum atomic E-state index is 12.8. The summed E-state index contributed by atoms with van der Waals surface area (Å²) in [7, 11) is -0.846. The molecule has 0 fully saturated rings. The molecule has 0 saturated carbocycles. The van der Waals surface area contributed by atoms with E-state index in [1.807, 2.05) is 6.92 Å². The molecule has 0 unspecified atom stereocenters. The predicted octanol–water partition coefficient (Wildman–Crippen LogP) is 3.46. The van der Waals surface area contributed by atoms with Crippen molar-refractivity contribution in [3.05, 3.63) is 47.0 Å². The Balaban J connectivity index is 2.39. The number of carbonyl (C=O) groups is 1. The lowest BCUT2D eigenvalue weighted by atomic mass is 10.2. The van der Waals surface area contributed by atoms with Gasteiger partial charge in [-0.05, 0) is 49.7 Å². The Labute approximate surface area is 170 Å². The van der Waals surface area contributed by atoms with Gasteiger partial charge in [-0.3, -0.25) is 9.10 Å². The Morgan fingerprint density at radius 2 is 1.71 bits per heavy atom. The summed E-state index contributed by atoms with van der Waals surface area (Å²) in [5.41, 5.74) is 1.55. The van der Waals surface area contributed by atoms with Gasteiger partial charge in [-0.1, -0.05) is 17.7 Å². The first-order chi connectivity index (χ1) is 13.1. The number of rotatable bonds is 7. The van der Waals surface area contributed by atoms with E-state index < -0.39 is 22.0 Å². The van der Waals surface area contributed by atoms with Crippen LogP contribution < -0.4 is 19.1 Å².